The van der Waals surface area contributed by atoms with E-state index in [4.69, 9.17) is 19.5 Å². The minimum Gasteiger partial charge on any atom is -0.476 e. The predicted molar refractivity (Wildman–Crippen MR) is 113 cm³/mol. The molecule has 0 radical (unpaired) electrons. The lowest BCUT2D eigenvalue weighted by atomic mass is 9.91. The van der Waals surface area contributed by atoms with Crippen LogP contribution in [0.25, 0.3) is 11.1 Å². The van der Waals surface area contributed by atoms with Gasteiger partial charge in [0.1, 0.15) is 6.61 Å². The normalized spacial score (nSPS) is 10.9. The molecule has 0 aliphatic carbocycles. The molecule has 11 heteroatoms. The van der Waals surface area contributed by atoms with E-state index in [-0.39, 0.29) is 19.3 Å². The van der Waals surface area contributed by atoms with Gasteiger partial charge in [0.2, 0.25) is 10.9 Å². The number of hydrogen-bond acceptors (Lipinski definition) is 7. The zero-order chi connectivity index (χ0) is 23.9. The van der Waals surface area contributed by atoms with Crippen LogP contribution in [0, 0.1) is 12.7 Å². The first-order chi connectivity index (χ1) is 15.1. The lowest BCUT2D eigenvalue weighted by Crippen LogP contribution is -2.15. The summed E-state index contributed by atoms with van der Waals surface area (Å²) in [5, 5.41) is 7.78. The van der Waals surface area contributed by atoms with Gasteiger partial charge >= 0.3 is 6.15 Å². The van der Waals surface area contributed by atoms with Crippen LogP contribution in [0.3, 0.4) is 0 Å². The minimum atomic E-state index is -4.20. The molecule has 2 heterocycles. The molecule has 0 aliphatic heterocycles. The van der Waals surface area contributed by atoms with Gasteiger partial charge in [-0.05, 0) is 41.2 Å². The summed E-state index contributed by atoms with van der Waals surface area (Å²) < 4.78 is 42.9. The van der Waals surface area contributed by atoms with E-state index in [2.05, 4.69) is 43.0 Å². The maximum atomic E-state index is 13.6. The Morgan fingerprint density at radius 1 is 1.25 bits per heavy atom. The number of nitrogens with zero attached hydrogens (tertiary/aromatic N) is 3. The van der Waals surface area contributed by atoms with Crippen LogP contribution in [0.15, 0.2) is 47.8 Å². The van der Waals surface area contributed by atoms with Crippen molar-refractivity contribution in [1.29, 1.82) is 0 Å². The van der Waals surface area contributed by atoms with Gasteiger partial charge in [0.05, 0.1) is 12.7 Å². The highest BCUT2D eigenvalue weighted by atomic mass is 32.2. The Hall–Kier alpha value is -3.40. The number of hydrogen-bond donors (Lipinski definition) is 1. The van der Waals surface area contributed by atoms with Gasteiger partial charge < -0.3 is 4.74 Å². The number of primary sulfonamides is 1. The van der Waals surface area contributed by atoms with Gasteiger partial charge in [-0.2, -0.15) is 14.7 Å². The average molecular weight is 463 g/mol. The van der Waals surface area contributed by atoms with Crippen molar-refractivity contribution in [3.8, 4) is 17.0 Å². The predicted octanol–water partition coefficient (Wildman–Crippen LogP) is 2.66. The van der Waals surface area contributed by atoms with Crippen LogP contribution in [0.5, 0.6) is 5.88 Å². The zero-order valence-corrected chi connectivity index (χ0v) is 18.6. The van der Waals surface area contributed by atoms with Gasteiger partial charge in [0, 0.05) is 12.3 Å². The van der Waals surface area contributed by atoms with Crippen molar-refractivity contribution >= 4 is 16.2 Å². The fraction of sp³-hybridized carbons (Fsp3) is 0.286. The first-order valence-electron chi connectivity index (χ1n) is 9.52. The Labute approximate surface area is 185 Å². The highest BCUT2D eigenvalue weighted by molar-refractivity contribution is 7.89. The molecule has 2 N–H and O–H groups in total. The monoisotopic (exact) mass is 462 g/mol. The molecule has 0 amide bonds. The number of nitrogens with two attached hydrogens (primary N) is 1. The zero-order valence-electron chi connectivity index (χ0n) is 17.8. The third-order valence-electron chi connectivity index (χ3n) is 4.57. The van der Waals surface area contributed by atoms with Crippen molar-refractivity contribution in [1.82, 2.24) is 14.8 Å². The molecule has 3 rings (SSSR count). The van der Waals surface area contributed by atoms with Crippen molar-refractivity contribution in [2.24, 2.45) is 5.14 Å². The minimum absolute atomic E-state index is 0.132. The van der Waals surface area contributed by atoms with E-state index in [0.29, 0.717) is 11.8 Å². The van der Waals surface area contributed by atoms with Crippen LogP contribution in [0.4, 0.5) is 4.39 Å². The van der Waals surface area contributed by atoms with Crippen LogP contribution in [-0.4, -0.2) is 35.9 Å². The van der Waals surface area contributed by atoms with E-state index in [1.807, 2.05) is 18.2 Å². The summed E-state index contributed by atoms with van der Waals surface area (Å²) in [6.45, 7) is 6.69. The van der Waals surface area contributed by atoms with Gasteiger partial charge in [-0.15, -0.1) is 0 Å². The summed E-state index contributed by atoms with van der Waals surface area (Å²) >= 11 is 0. The third-order valence-corrected chi connectivity index (χ3v) is 5.38. The van der Waals surface area contributed by atoms with E-state index in [1.165, 1.54) is 11.1 Å². The van der Waals surface area contributed by atoms with Crippen LogP contribution in [0.1, 0.15) is 30.9 Å². The quantitative estimate of drug-likeness (QED) is 0.570. The van der Waals surface area contributed by atoms with Crippen LogP contribution >= 0.6 is 0 Å². The maximum Gasteiger partial charge on any atom is 0.373 e. The maximum absolute atomic E-state index is 13.6. The number of carbonyl (C=O) groups excluding carboxylic acids is 2. The van der Waals surface area contributed by atoms with Crippen molar-refractivity contribution in [3.63, 3.8) is 0 Å². The standard InChI is InChI=1S/C20H23FN4O3S.CO2/c1-13(2)16-5-4-6-17(14(16)3)15-7-8-23-19(11-15)28-10-9-25-12-18(21)20(24-25)29(22,26)27;2-1-3/h4-8,11-13H,9-10H2,1-3H3,(H2,22,26,27);. The van der Waals surface area contributed by atoms with E-state index in [1.54, 1.807) is 6.20 Å². The molecule has 0 atom stereocenters. The van der Waals surface area contributed by atoms with E-state index in [9.17, 15) is 12.8 Å². The molecule has 0 aliphatic rings. The average Bonchev–Trinajstić information content (AvgIpc) is 3.10. The summed E-state index contributed by atoms with van der Waals surface area (Å²) in [6.07, 6.45) is 2.88. The topological polar surface area (TPSA) is 134 Å². The van der Waals surface area contributed by atoms with Crippen LogP contribution in [-0.2, 0) is 26.2 Å². The third kappa shape index (κ3) is 6.30. The molecule has 1 aromatic carbocycles. The van der Waals surface area contributed by atoms with Crippen LogP contribution < -0.4 is 9.88 Å². The lowest BCUT2D eigenvalue weighted by molar-refractivity contribution is -0.191. The van der Waals surface area contributed by atoms with Gasteiger partial charge in [-0.3, -0.25) is 4.68 Å². The van der Waals surface area contributed by atoms with Crippen molar-refractivity contribution < 1.29 is 27.1 Å². The number of pyridine rings is 1. The lowest BCUT2D eigenvalue weighted by Gasteiger charge is -2.14. The molecular weight excluding hydrogens is 439 g/mol. The molecule has 0 unspecified atom stereocenters. The smallest absolute Gasteiger partial charge is 0.373 e. The van der Waals surface area contributed by atoms with E-state index in [0.717, 1.165) is 22.0 Å². The summed E-state index contributed by atoms with van der Waals surface area (Å²) in [6, 6.07) is 9.98. The van der Waals surface area contributed by atoms with Gasteiger partial charge in [0.15, 0.2) is 5.82 Å². The van der Waals surface area contributed by atoms with Crippen molar-refractivity contribution in [3.05, 3.63) is 59.7 Å². The number of benzene rings is 1. The second-order valence-corrected chi connectivity index (χ2v) is 8.56. The second kappa shape index (κ2) is 10.8. The number of sulfonamides is 1. The molecule has 3 aromatic rings. The Balaban J connectivity index is 0.00000114. The van der Waals surface area contributed by atoms with Crippen molar-refractivity contribution in [2.75, 3.05) is 6.61 Å². The SMILES string of the molecule is Cc1c(-c2ccnc(OCCn3cc(F)c(S(N)(=O)=O)n3)c2)cccc1C(C)C.O=C=O. The van der Waals surface area contributed by atoms with E-state index >= 15 is 0 Å². The number of ether oxygens (including phenoxy) is 1. The summed E-state index contributed by atoms with van der Waals surface area (Å²) in [4.78, 5) is 20.5. The Morgan fingerprint density at radius 3 is 2.53 bits per heavy atom. The molecule has 9 nitrogen and oxygen atoms in total. The van der Waals surface area contributed by atoms with Crippen LogP contribution in [0.2, 0.25) is 0 Å². The molecular formula is C21H23FN4O5S. The summed E-state index contributed by atoms with van der Waals surface area (Å²) in [5.41, 5.74) is 4.59. The van der Waals surface area contributed by atoms with Gasteiger partial charge in [0.25, 0.3) is 10.0 Å². The molecule has 32 heavy (non-hydrogen) atoms. The van der Waals surface area contributed by atoms with Gasteiger partial charge in [-0.1, -0.05) is 32.0 Å². The molecule has 0 saturated carbocycles. The van der Waals surface area contributed by atoms with Gasteiger partial charge in [-0.25, -0.2) is 22.9 Å². The largest absolute Gasteiger partial charge is 0.476 e. The highest BCUT2D eigenvalue weighted by Gasteiger charge is 2.19. The Kier molecular flexibility index (Phi) is 8.36. The van der Waals surface area contributed by atoms with Crippen molar-refractivity contribution in [2.45, 2.75) is 38.3 Å². The fourth-order valence-electron chi connectivity index (χ4n) is 3.18. The number of aromatic nitrogens is 3. The highest BCUT2D eigenvalue weighted by Crippen LogP contribution is 2.30. The summed E-state index contributed by atoms with van der Waals surface area (Å²) in [5.74, 6) is -0.159. The Morgan fingerprint density at radius 2 is 1.94 bits per heavy atom. The first-order valence-corrected chi connectivity index (χ1v) is 11.1. The molecule has 0 saturated heterocycles. The molecule has 0 bridgehead atoms. The number of rotatable bonds is 7. The second-order valence-electron chi connectivity index (χ2n) is 7.08. The number of halogens is 1. The Bertz CT molecular complexity index is 1220. The molecule has 0 fully saturated rings. The summed E-state index contributed by atoms with van der Waals surface area (Å²) in [7, 11) is -4.20. The first kappa shape index (κ1) is 24.9. The molecule has 0 spiro atoms. The molecule has 170 valence electrons. The van der Waals surface area contributed by atoms with E-state index < -0.39 is 20.9 Å². The molecule has 2 aromatic heterocycles. The fourth-order valence-corrected chi connectivity index (χ4v) is 3.72.